The zero-order chi connectivity index (χ0) is 16.1. The number of amides is 2. The number of benzene rings is 2. The Morgan fingerprint density at radius 1 is 1.18 bits per heavy atom. The zero-order valence-electron chi connectivity index (χ0n) is 11.8. The monoisotopic (exact) mass is 428 g/mol. The van der Waals surface area contributed by atoms with Crippen LogP contribution in [0.4, 0.5) is 5.69 Å². The lowest BCUT2D eigenvalue weighted by Crippen LogP contribution is -2.33. The third kappa shape index (κ3) is 4.45. The van der Waals surface area contributed by atoms with Crippen molar-refractivity contribution in [2.45, 2.75) is 6.92 Å². The van der Waals surface area contributed by atoms with Crippen LogP contribution in [0.3, 0.4) is 0 Å². The molecule has 0 radical (unpaired) electrons. The number of halogens is 2. The van der Waals surface area contributed by atoms with Crippen LogP contribution in [-0.2, 0) is 4.79 Å². The number of anilines is 1. The molecule has 2 amide bonds. The summed E-state index contributed by atoms with van der Waals surface area (Å²) in [7, 11) is 0. The smallest absolute Gasteiger partial charge is 0.253 e. The van der Waals surface area contributed by atoms with Gasteiger partial charge < -0.3 is 10.6 Å². The van der Waals surface area contributed by atoms with E-state index in [2.05, 4.69) is 33.2 Å². The molecule has 0 heterocycles. The van der Waals surface area contributed by atoms with E-state index >= 15 is 0 Å². The van der Waals surface area contributed by atoms with Gasteiger partial charge in [0.15, 0.2) is 0 Å². The molecule has 2 aromatic carbocycles. The molecule has 0 fully saturated rings. The van der Waals surface area contributed by atoms with E-state index in [0.717, 1.165) is 14.8 Å². The Kier molecular flexibility index (Phi) is 5.79. The van der Waals surface area contributed by atoms with Crippen molar-refractivity contribution in [2.75, 3.05) is 11.9 Å². The first-order valence-corrected chi connectivity index (χ1v) is 8.02. The summed E-state index contributed by atoms with van der Waals surface area (Å²) in [6.45, 7) is 1.80. The molecule has 114 valence electrons. The Labute approximate surface area is 147 Å². The number of hydrogen-bond donors (Lipinski definition) is 2. The summed E-state index contributed by atoms with van der Waals surface area (Å²) in [4.78, 5) is 23.9. The Hall–Kier alpha value is -1.60. The van der Waals surface area contributed by atoms with Gasteiger partial charge in [-0.25, -0.2) is 0 Å². The second-order valence-electron chi connectivity index (χ2n) is 4.67. The molecular formula is C16H14ClIN2O2. The highest BCUT2D eigenvalue weighted by atomic mass is 127. The van der Waals surface area contributed by atoms with E-state index in [4.69, 9.17) is 11.6 Å². The summed E-state index contributed by atoms with van der Waals surface area (Å²) in [5, 5.41) is 5.68. The first-order valence-electron chi connectivity index (χ1n) is 6.56. The van der Waals surface area contributed by atoms with Gasteiger partial charge in [-0.05, 0) is 65.4 Å². The lowest BCUT2D eigenvalue weighted by atomic mass is 10.2. The van der Waals surface area contributed by atoms with Crippen LogP contribution in [0.1, 0.15) is 15.9 Å². The topological polar surface area (TPSA) is 58.2 Å². The maximum atomic E-state index is 12.0. The average molecular weight is 429 g/mol. The summed E-state index contributed by atoms with van der Waals surface area (Å²) in [6.07, 6.45) is 0. The molecule has 0 spiro atoms. The van der Waals surface area contributed by atoms with Crippen molar-refractivity contribution >= 4 is 51.7 Å². The molecule has 0 saturated heterocycles. The summed E-state index contributed by atoms with van der Waals surface area (Å²) in [5.74, 6) is -0.662. The van der Waals surface area contributed by atoms with E-state index in [-0.39, 0.29) is 18.4 Å². The van der Waals surface area contributed by atoms with E-state index in [1.807, 2.05) is 25.1 Å². The van der Waals surface area contributed by atoms with Crippen LogP contribution in [0, 0.1) is 10.5 Å². The van der Waals surface area contributed by atoms with E-state index in [1.54, 1.807) is 24.3 Å². The second kappa shape index (κ2) is 7.60. The highest BCUT2D eigenvalue weighted by molar-refractivity contribution is 14.1. The molecule has 2 aromatic rings. The molecule has 2 rings (SSSR count). The first kappa shape index (κ1) is 16.8. The predicted octanol–water partition coefficient (Wildman–Crippen LogP) is 3.62. The van der Waals surface area contributed by atoms with E-state index < -0.39 is 0 Å². The second-order valence-corrected chi connectivity index (χ2v) is 6.32. The van der Waals surface area contributed by atoms with E-state index in [0.29, 0.717) is 10.6 Å². The minimum Gasteiger partial charge on any atom is -0.343 e. The van der Waals surface area contributed by atoms with Crippen LogP contribution >= 0.6 is 34.2 Å². The van der Waals surface area contributed by atoms with E-state index in [1.165, 1.54) is 0 Å². The molecule has 6 heteroatoms. The number of nitrogens with one attached hydrogen (secondary N) is 2. The molecule has 0 saturated carbocycles. The summed E-state index contributed by atoms with van der Waals surface area (Å²) in [6, 6.07) is 12.4. The number of aryl methyl sites for hydroxylation is 1. The standard InChI is InChI=1S/C16H14ClIN2O2/c1-10-8-11(18)6-7-14(10)20-15(21)9-19-16(22)12-4-2-3-5-13(12)17/h2-8H,9H2,1H3,(H,19,22)(H,20,21). The van der Waals surface area contributed by atoms with Crippen molar-refractivity contribution in [3.63, 3.8) is 0 Å². The lowest BCUT2D eigenvalue weighted by molar-refractivity contribution is -0.115. The van der Waals surface area contributed by atoms with Crippen LogP contribution in [0.2, 0.25) is 5.02 Å². The average Bonchev–Trinajstić information content (AvgIpc) is 2.48. The van der Waals surface area contributed by atoms with Crippen LogP contribution < -0.4 is 10.6 Å². The fourth-order valence-electron chi connectivity index (χ4n) is 1.86. The maximum Gasteiger partial charge on any atom is 0.253 e. The molecule has 22 heavy (non-hydrogen) atoms. The summed E-state index contributed by atoms with van der Waals surface area (Å²) < 4.78 is 1.10. The SMILES string of the molecule is Cc1cc(I)ccc1NC(=O)CNC(=O)c1ccccc1Cl. The molecule has 0 aliphatic heterocycles. The Morgan fingerprint density at radius 2 is 1.91 bits per heavy atom. The summed E-state index contributed by atoms with van der Waals surface area (Å²) in [5.41, 5.74) is 2.05. The van der Waals surface area contributed by atoms with Crippen LogP contribution in [0.5, 0.6) is 0 Å². The fraction of sp³-hybridized carbons (Fsp3) is 0.125. The van der Waals surface area contributed by atoms with Gasteiger partial charge in [-0.2, -0.15) is 0 Å². The first-order chi connectivity index (χ1) is 10.5. The molecule has 4 nitrogen and oxygen atoms in total. The zero-order valence-corrected chi connectivity index (χ0v) is 14.7. The molecule has 0 atom stereocenters. The number of hydrogen-bond acceptors (Lipinski definition) is 2. The normalized spacial score (nSPS) is 10.1. The lowest BCUT2D eigenvalue weighted by Gasteiger charge is -2.10. The predicted molar refractivity (Wildman–Crippen MR) is 96.3 cm³/mol. The third-order valence-corrected chi connectivity index (χ3v) is 3.99. The fourth-order valence-corrected chi connectivity index (χ4v) is 2.73. The Bertz CT molecular complexity index is 719. The molecule has 0 aliphatic rings. The minimum atomic E-state index is -0.375. The van der Waals surface area contributed by atoms with Crippen molar-refractivity contribution in [3.8, 4) is 0 Å². The number of rotatable bonds is 4. The Balaban J connectivity index is 1.93. The number of carbonyl (C=O) groups excluding carboxylic acids is 2. The van der Waals surface area contributed by atoms with Crippen molar-refractivity contribution in [2.24, 2.45) is 0 Å². The Morgan fingerprint density at radius 3 is 2.59 bits per heavy atom. The van der Waals surface area contributed by atoms with Gasteiger partial charge in [-0.1, -0.05) is 23.7 Å². The summed E-state index contributed by atoms with van der Waals surface area (Å²) >= 11 is 8.15. The third-order valence-electron chi connectivity index (χ3n) is 2.99. The van der Waals surface area contributed by atoms with Gasteiger partial charge in [0.2, 0.25) is 5.91 Å². The number of carbonyl (C=O) groups is 2. The maximum absolute atomic E-state index is 12.0. The van der Waals surface area contributed by atoms with Crippen molar-refractivity contribution in [3.05, 3.63) is 62.2 Å². The van der Waals surface area contributed by atoms with Gasteiger partial charge in [0.25, 0.3) is 5.91 Å². The van der Waals surface area contributed by atoms with Crippen LogP contribution in [0.25, 0.3) is 0 Å². The van der Waals surface area contributed by atoms with Crippen molar-refractivity contribution in [1.29, 1.82) is 0 Å². The van der Waals surface area contributed by atoms with Crippen molar-refractivity contribution in [1.82, 2.24) is 5.32 Å². The molecule has 0 unspecified atom stereocenters. The van der Waals surface area contributed by atoms with Gasteiger partial charge in [0.1, 0.15) is 0 Å². The van der Waals surface area contributed by atoms with Crippen molar-refractivity contribution < 1.29 is 9.59 Å². The van der Waals surface area contributed by atoms with E-state index in [9.17, 15) is 9.59 Å². The highest BCUT2D eigenvalue weighted by Crippen LogP contribution is 2.17. The van der Waals surface area contributed by atoms with Gasteiger partial charge in [0.05, 0.1) is 17.1 Å². The highest BCUT2D eigenvalue weighted by Gasteiger charge is 2.11. The van der Waals surface area contributed by atoms with Crippen LogP contribution in [0.15, 0.2) is 42.5 Å². The van der Waals surface area contributed by atoms with Gasteiger partial charge in [-0.3, -0.25) is 9.59 Å². The molecule has 0 bridgehead atoms. The molecule has 2 N–H and O–H groups in total. The quantitative estimate of drug-likeness (QED) is 0.731. The van der Waals surface area contributed by atoms with Gasteiger partial charge in [0, 0.05) is 9.26 Å². The minimum absolute atomic E-state index is 0.116. The largest absolute Gasteiger partial charge is 0.343 e. The molecular weight excluding hydrogens is 415 g/mol. The van der Waals surface area contributed by atoms with Crippen LogP contribution in [-0.4, -0.2) is 18.4 Å². The van der Waals surface area contributed by atoms with Gasteiger partial charge >= 0.3 is 0 Å². The molecule has 0 aliphatic carbocycles. The molecule has 0 aromatic heterocycles. The van der Waals surface area contributed by atoms with Gasteiger partial charge in [-0.15, -0.1) is 0 Å².